The molecular formula is C15H21ClN2S. The van der Waals surface area contributed by atoms with Gasteiger partial charge in [0.25, 0.3) is 0 Å². The van der Waals surface area contributed by atoms with Gasteiger partial charge in [-0.1, -0.05) is 25.1 Å². The highest BCUT2D eigenvalue weighted by Gasteiger charge is 2.26. The van der Waals surface area contributed by atoms with Gasteiger partial charge >= 0.3 is 0 Å². The number of para-hydroxylation sites is 1. The Bertz CT molecular complexity index is 565. The summed E-state index contributed by atoms with van der Waals surface area (Å²) in [5.74, 6) is 1.75. The lowest BCUT2D eigenvalue weighted by Gasteiger charge is -2.22. The number of benzene rings is 1. The van der Waals surface area contributed by atoms with E-state index in [0.717, 1.165) is 13.1 Å². The molecule has 1 atom stereocenters. The van der Waals surface area contributed by atoms with Crippen LogP contribution >= 0.6 is 24.2 Å². The normalized spacial score (nSPS) is 18.1. The first-order chi connectivity index (χ1) is 8.86. The third-order valence-corrected chi connectivity index (χ3v) is 4.96. The van der Waals surface area contributed by atoms with Gasteiger partial charge in [0.1, 0.15) is 0 Å². The monoisotopic (exact) mass is 296 g/mol. The van der Waals surface area contributed by atoms with Crippen molar-refractivity contribution < 1.29 is 0 Å². The average molecular weight is 297 g/mol. The number of halogens is 1. The molecular weight excluding hydrogens is 276 g/mol. The molecule has 2 aromatic rings. The first-order valence-electron chi connectivity index (χ1n) is 6.80. The maximum absolute atomic E-state index is 5.97. The molecule has 104 valence electrons. The van der Waals surface area contributed by atoms with Gasteiger partial charge < -0.3 is 10.3 Å². The lowest BCUT2D eigenvalue weighted by atomic mass is 9.96. The van der Waals surface area contributed by atoms with Crippen molar-refractivity contribution >= 4 is 35.1 Å². The van der Waals surface area contributed by atoms with E-state index < -0.39 is 0 Å². The minimum atomic E-state index is 0. The maximum Gasteiger partial charge on any atom is 0.0795 e. The van der Waals surface area contributed by atoms with Crippen LogP contribution in [-0.2, 0) is 6.54 Å². The van der Waals surface area contributed by atoms with Gasteiger partial charge in [-0.05, 0) is 31.0 Å². The molecule has 2 heterocycles. The molecule has 0 spiro atoms. The van der Waals surface area contributed by atoms with E-state index in [1.54, 1.807) is 0 Å². The number of rotatable bonds is 3. The van der Waals surface area contributed by atoms with Crippen LogP contribution in [0.2, 0.25) is 0 Å². The van der Waals surface area contributed by atoms with Crippen LogP contribution in [0.25, 0.3) is 10.9 Å². The van der Waals surface area contributed by atoms with Gasteiger partial charge in [-0.3, -0.25) is 0 Å². The summed E-state index contributed by atoms with van der Waals surface area (Å²) in [6.45, 7) is 4.13. The van der Waals surface area contributed by atoms with Gasteiger partial charge in [0, 0.05) is 29.1 Å². The fraction of sp³-hybridized carbons (Fsp3) is 0.467. The second-order valence-corrected chi connectivity index (χ2v) is 6.04. The Labute approximate surface area is 125 Å². The van der Waals surface area contributed by atoms with Crippen LogP contribution in [0.3, 0.4) is 0 Å². The number of aromatic nitrogens is 1. The molecule has 0 bridgehead atoms. The fourth-order valence-corrected chi connectivity index (χ4v) is 4.35. The lowest BCUT2D eigenvalue weighted by molar-refractivity contribution is 0.607. The molecule has 1 aliphatic rings. The summed E-state index contributed by atoms with van der Waals surface area (Å²) in [5.41, 5.74) is 8.87. The van der Waals surface area contributed by atoms with Gasteiger partial charge in [-0.15, -0.1) is 24.2 Å². The Morgan fingerprint density at radius 1 is 1.37 bits per heavy atom. The molecule has 2 N–H and O–H groups in total. The summed E-state index contributed by atoms with van der Waals surface area (Å²) in [5, 5.41) is 2.89. The number of aryl methyl sites for hydroxylation is 1. The van der Waals surface area contributed by atoms with Crippen molar-refractivity contribution in [1.29, 1.82) is 0 Å². The number of thioether (sulfide) groups is 1. The Morgan fingerprint density at radius 2 is 2.16 bits per heavy atom. The first-order valence-corrected chi connectivity index (χ1v) is 7.79. The van der Waals surface area contributed by atoms with E-state index in [1.807, 2.05) is 11.8 Å². The van der Waals surface area contributed by atoms with Gasteiger partial charge in [-0.25, -0.2) is 0 Å². The molecule has 4 heteroatoms. The van der Waals surface area contributed by atoms with Crippen LogP contribution in [-0.4, -0.2) is 16.9 Å². The van der Waals surface area contributed by atoms with Crippen LogP contribution in [0.4, 0.5) is 0 Å². The van der Waals surface area contributed by atoms with Crippen LogP contribution in [0.5, 0.6) is 0 Å². The minimum absolute atomic E-state index is 0. The summed E-state index contributed by atoms with van der Waals surface area (Å²) in [6, 6.07) is 8.79. The van der Waals surface area contributed by atoms with Gasteiger partial charge in [0.05, 0.1) is 5.03 Å². The van der Waals surface area contributed by atoms with Gasteiger partial charge in [-0.2, -0.15) is 0 Å². The standard InChI is InChI=1S/C15H20N2S.ClH/c1-2-8-17-13-6-4-3-5-12(13)14-11(10-16)7-9-18-15(14)17;/h3-6,11H,2,7-10,16H2,1H3;1H. The Hall–Kier alpha value is -0.640. The molecule has 1 aliphatic heterocycles. The molecule has 0 amide bonds. The zero-order valence-electron chi connectivity index (χ0n) is 11.3. The predicted molar refractivity (Wildman–Crippen MR) is 86.6 cm³/mol. The zero-order chi connectivity index (χ0) is 12.5. The summed E-state index contributed by atoms with van der Waals surface area (Å²) >= 11 is 2.01. The van der Waals surface area contributed by atoms with Crippen molar-refractivity contribution in [3.05, 3.63) is 29.8 Å². The largest absolute Gasteiger partial charge is 0.335 e. The summed E-state index contributed by atoms with van der Waals surface area (Å²) in [6.07, 6.45) is 2.40. The molecule has 1 aromatic carbocycles. The highest BCUT2D eigenvalue weighted by molar-refractivity contribution is 7.99. The van der Waals surface area contributed by atoms with Crippen molar-refractivity contribution in [3.8, 4) is 0 Å². The molecule has 0 saturated heterocycles. The number of hydrogen-bond acceptors (Lipinski definition) is 2. The van der Waals surface area contributed by atoms with E-state index in [9.17, 15) is 0 Å². The topological polar surface area (TPSA) is 30.9 Å². The molecule has 0 aliphatic carbocycles. The van der Waals surface area contributed by atoms with Crippen molar-refractivity contribution in [1.82, 2.24) is 4.57 Å². The van der Waals surface area contributed by atoms with Crippen LogP contribution < -0.4 is 5.73 Å². The van der Waals surface area contributed by atoms with E-state index in [2.05, 4.69) is 35.8 Å². The van der Waals surface area contributed by atoms with E-state index in [-0.39, 0.29) is 12.4 Å². The Balaban J connectivity index is 0.00000133. The third kappa shape index (κ3) is 2.39. The molecule has 0 saturated carbocycles. The van der Waals surface area contributed by atoms with Crippen LogP contribution in [0.15, 0.2) is 29.3 Å². The molecule has 1 aromatic heterocycles. The zero-order valence-corrected chi connectivity index (χ0v) is 12.9. The second-order valence-electron chi connectivity index (χ2n) is 4.96. The van der Waals surface area contributed by atoms with E-state index in [0.29, 0.717) is 5.92 Å². The molecule has 19 heavy (non-hydrogen) atoms. The SMILES string of the molecule is CCCn1c2c(c3ccccc31)C(CN)CCS2.Cl. The number of hydrogen-bond donors (Lipinski definition) is 1. The fourth-order valence-electron chi connectivity index (χ4n) is 2.98. The molecule has 2 nitrogen and oxygen atoms in total. The van der Waals surface area contributed by atoms with E-state index in [4.69, 9.17) is 5.73 Å². The van der Waals surface area contributed by atoms with Crippen molar-refractivity contribution in [2.45, 2.75) is 37.3 Å². The Morgan fingerprint density at radius 3 is 2.89 bits per heavy atom. The lowest BCUT2D eigenvalue weighted by Crippen LogP contribution is -2.17. The number of nitrogens with zero attached hydrogens (tertiary/aromatic N) is 1. The van der Waals surface area contributed by atoms with Crippen molar-refractivity contribution in [2.24, 2.45) is 5.73 Å². The third-order valence-electron chi connectivity index (χ3n) is 3.81. The highest BCUT2D eigenvalue weighted by Crippen LogP contribution is 2.43. The smallest absolute Gasteiger partial charge is 0.0795 e. The quantitative estimate of drug-likeness (QED) is 0.928. The van der Waals surface area contributed by atoms with Gasteiger partial charge in [0.2, 0.25) is 0 Å². The van der Waals surface area contributed by atoms with Crippen molar-refractivity contribution in [2.75, 3.05) is 12.3 Å². The molecule has 0 radical (unpaired) electrons. The van der Waals surface area contributed by atoms with E-state index in [1.165, 1.54) is 40.1 Å². The maximum atomic E-state index is 5.97. The summed E-state index contributed by atoms with van der Waals surface area (Å²) in [4.78, 5) is 0. The molecule has 0 fully saturated rings. The van der Waals surface area contributed by atoms with E-state index >= 15 is 0 Å². The van der Waals surface area contributed by atoms with Crippen LogP contribution in [0, 0.1) is 0 Å². The van der Waals surface area contributed by atoms with Gasteiger partial charge in [0.15, 0.2) is 0 Å². The average Bonchev–Trinajstić information content (AvgIpc) is 2.74. The Kier molecular flexibility index (Phi) is 4.82. The van der Waals surface area contributed by atoms with Crippen molar-refractivity contribution in [3.63, 3.8) is 0 Å². The molecule has 1 unspecified atom stereocenters. The van der Waals surface area contributed by atoms with Crippen LogP contribution in [0.1, 0.15) is 31.2 Å². The number of nitrogens with two attached hydrogens (primary N) is 1. The predicted octanol–water partition coefficient (Wildman–Crippen LogP) is 4.01. The summed E-state index contributed by atoms with van der Waals surface area (Å²) < 4.78 is 2.50. The summed E-state index contributed by atoms with van der Waals surface area (Å²) in [7, 11) is 0. The minimum Gasteiger partial charge on any atom is -0.335 e. The first kappa shape index (κ1) is 14.8. The number of fused-ring (bicyclic) bond motifs is 3. The molecule has 3 rings (SSSR count). The highest BCUT2D eigenvalue weighted by atomic mass is 35.5. The second kappa shape index (κ2) is 6.21.